The van der Waals surface area contributed by atoms with Gasteiger partial charge in [0, 0.05) is 31.4 Å². The highest BCUT2D eigenvalue weighted by molar-refractivity contribution is 5.38. The number of phenols is 2. The van der Waals surface area contributed by atoms with Crippen molar-refractivity contribution in [3.63, 3.8) is 0 Å². The molecule has 0 radical (unpaired) electrons. The van der Waals surface area contributed by atoms with Crippen LogP contribution in [0.5, 0.6) is 11.5 Å². The van der Waals surface area contributed by atoms with Crippen molar-refractivity contribution >= 4 is 0 Å². The number of phenolic OH excluding ortho intramolecular Hbond substituents is 2. The Morgan fingerprint density at radius 3 is 2.76 bits per heavy atom. The molecule has 0 aliphatic carbocycles. The fraction of sp³-hybridized carbons (Fsp3) is 0.538. The van der Waals surface area contributed by atoms with E-state index in [1.54, 1.807) is 12.1 Å². The van der Waals surface area contributed by atoms with Crippen molar-refractivity contribution in [3.8, 4) is 11.5 Å². The van der Waals surface area contributed by atoms with Crippen molar-refractivity contribution in [1.29, 1.82) is 0 Å². The minimum absolute atomic E-state index is 0.0826. The summed E-state index contributed by atoms with van der Waals surface area (Å²) >= 11 is 0. The molecule has 0 aliphatic heterocycles. The first-order chi connectivity index (χ1) is 8.24. The van der Waals surface area contributed by atoms with E-state index >= 15 is 0 Å². The molecule has 0 atom stereocenters. The van der Waals surface area contributed by atoms with Crippen LogP contribution in [0.15, 0.2) is 18.2 Å². The van der Waals surface area contributed by atoms with Gasteiger partial charge in [0.05, 0.1) is 0 Å². The SMILES string of the molecule is CCCOCCCNCc1ccc(O)cc1O. The molecular weight excluding hydrogens is 218 g/mol. The van der Waals surface area contributed by atoms with E-state index in [4.69, 9.17) is 9.84 Å². The standard InChI is InChI=1S/C13H21NO3/c1-2-7-17-8-3-6-14-10-11-4-5-12(15)9-13(11)16/h4-5,9,14-16H,2-3,6-8,10H2,1H3. The van der Waals surface area contributed by atoms with Gasteiger partial charge in [-0.3, -0.25) is 0 Å². The van der Waals surface area contributed by atoms with Crippen molar-refractivity contribution < 1.29 is 14.9 Å². The second-order valence-corrected chi connectivity index (χ2v) is 3.96. The van der Waals surface area contributed by atoms with E-state index in [9.17, 15) is 5.11 Å². The molecule has 0 aliphatic rings. The van der Waals surface area contributed by atoms with Crippen LogP contribution in [-0.2, 0) is 11.3 Å². The first-order valence-corrected chi connectivity index (χ1v) is 6.03. The van der Waals surface area contributed by atoms with Crippen LogP contribution in [0.25, 0.3) is 0 Å². The Morgan fingerprint density at radius 1 is 1.24 bits per heavy atom. The molecule has 1 aromatic carbocycles. The Kier molecular flexibility index (Phi) is 6.43. The summed E-state index contributed by atoms with van der Waals surface area (Å²) in [5.41, 5.74) is 0.789. The third-order valence-corrected chi connectivity index (χ3v) is 2.38. The fourth-order valence-corrected chi connectivity index (χ4v) is 1.47. The summed E-state index contributed by atoms with van der Waals surface area (Å²) in [6.45, 7) is 5.12. The van der Waals surface area contributed by atoms with E-state index in [0.29, 0.717) is 6.54 Å². The molecule has 96 valence electrons. The molecule has 0 fully saturated rings. The van der Waals surface area contributed by atoms with Gasteiger partial charge in [-0.05, 0) is 25.5 Å². The normalized spacial score (nSPS) is 10.6. The molecule has 1 aromatic rings. The van der Waals surface area contributed by atoms with Crippen molar-refractivity contribution in [2.45, 2.75) is 26.3 Å². The molecule has 1 rings (SSSR count). The summed E-state index contributed by atoms with van der Waals surface area (Å²) in [5.74, 6) is 0.207. The lowest BCUT2D eigenvalue weighted by Gasteiger charge is -2.07. The molecule has 0 unspecified atom stereocenters. The van der Waals surface area contributed by atoms with E-state index in [1.807, 2.05) is 0 Å². The number of ether oxygens (including phenoxy) is 1. The summed E-state index contributed by atoms with van der Waals surface area (Å²) in [6.07, 6.45) is 2.01. The highest BCUT2D eigenvalue weighted by Gasteiger charge is 2.01. The third kappa shape index (κ3) is 5.56. The minimum atomic E-state index is 0.0826. The number of hydrogen-bond donors (Lipinski definition) is 3. The molecule has 0 saturated carbocycles. The molecule has 17 heavy (non-hydrogen) atoms. The maximum Gasteiger partial charge on any atom is 0.123 e. The molecule has 4 heteroatoms. The average Bonchev–Trinajstić information content (AvgIpc) is 2.30. The first kappa shape index (κ1) is 13.8. The summed E-state index contributed by atoms with van der Waals surface area (Å²) in [5, 5.41) is 21.9. The van der Waals surface area contributed by atoms with Crippen LogP contribution in [-0.4, -0.2) is 30.0 Å². The van der Waals surface area contributed by atoms with E-state index in [0.717, 1.165) is 38.2 Å². The number of benzene rings is 1. The Morgan fingerprint density at radius 2 is 2.06 bits per heavy atom. The second kappa shape index (κ2) is 7.92. The molecule has 4 nitrogen and oxygen atoms in total. The van der Waals surface area contributed by atoms with Gasteiger partial charge in [0.15, 0.2) is 0 Å². The average molecular weight is 239 g/mol. The first-order valence-electron chi connectivity index (χ1n) is 6.03. The molecule has 0 spiro atoms. The van der Waals surface area contributed by atoms with Gasteiger partial charge in [-0.1, -0.05) is 13.0 Å². The van der Waals surface area contributed by atoms with Gasteiger partial charge in [-0.15, -0.1) is 0 Å². The minimum Gasteiger partial charge on any atom is -0.508 e. The van der Waals surface area contributed by atoms with Gasteiger partial charge in [0.25, 0.3) is 0 Å². The summed E-state index contributed by atoms with van der Waals surface area (Å²) < 4.78 is 5.35. The quantitative estimate of drug-likeness (QED) is 0.607. The van der Waals surface area contributed by atoms with Gasteiger partial charge in [0.2, 0.25) is 0 Å². The third-order valence-electron chi connectivity index (χ3n) is 2.38. The Labute approximate surface area is 102 Å². The Hall–Kier alpha value is -1.26. The van der Waals surface area contributed by atoms with Crippen LogP contribution in [0.3, 0.4) is 0 Å². The second-order valence-electron chi connectivity index (χ2n) is 3.96. The largest absolute Gasteiger partial charge is 0.508 e. The zero-order chi connectivity index (χ0) is 12.5. The molecule has 0 aromatic heterocycles. The number of hydrogen-bond acceptors (Lipinski definition) is 4. The number of aromatic hydroxyl groups is 2. The fourth-order valence-electron chi connectivity index (χ4n) is 1.47. The van der Waals surface area contributed by atoms with Gasteiger partial charge >= 0.3 is 0 Å². The highest BCUT2D eigenvalue weighted by Crippen LogP contribution is 2.21. The van der Waals surface area contributed by atoms with Crippen molar-refractivity contribution in [3.05, 3.63) is 23.8 Å². The summed E-state index contributed by atoms with van der Waals surface area (Å²) in [4.78, 5) is 0. The van der Waals surface area contributed by atoms with Gasteiger partial charge < -0.3 is 20.3 Å². The number of nitrogens with one attached hydrogen (secondary N) is 1. The van der Waals surface area contributed by atoms with Crippen LogP contribution >= 0.6 is 0 Å². The van der Waals surface area contributed by atoms with Crippen molar-refractivity contribution in [2.75, 3.05) is 19.8 Å². The summed E-state index contributed by atoms with van der Waals surface area (Å²) in [6, 6.07) is 4.63. The van der Waals surface area contributed by atoms with Crippen LogP contribution in [0.2, 0.25) is 0 Å². The van der Waals surface area contributed by atoms with E-state index < -0.39 is 0 Å². The van der Waals surface area contributed by atoms with Crippen LogP contribution in [0.1, 0.15) is 25.3 Å². The molecule has 3 N–H and O–H groups in total. The Balaban J connectivity index is 2.14. The molecule has 0 saturated heterocycles. The topological polar surface area (TPSA) is 61.7 Å². The van der Waals surface area contributed by atoms with Crippen LogP contribution in [0, 0.1) is 0 Å². The van der Waals surface area contributed by atoms with Crippen LogP contribution < -0.4 is 5.32 Å². The van der Waals surface area contributed by atoms with E-state index in [-0.39, 0.29) is 11.5 Å². The predicted molar refractivity (Wildman–Crippen MR) is 67.2 cm³/mol. The monoisotopic (exact) mass is 239 g/mol. The lowest BCUT2D eigenvalue weighted by Crippen LogP contribution is -2.16. The molecule has 0 bridgehead atoms. The molecule has 0 heterocycles. The summed E-state index contributed by atoms with van der Waals surface area (Å²) in [7, 11) is 0. The van der Waals surface area contributed by atoms with Gasteiger partial charge in [0.1, 0.15) is 11.5 Å². The molecule has 0 amide bonds. The zero-order valence-corrected chi connectivity index (χ0v) is 10.3. The van der Waals surface area contributed by atoms with Gasteiger partial charge in [-0.2, -0.15) is 0 Å². The maximum atomic E-state index is 9.54. The highest BCUT2D eigenvalue weighted by atomic mass is 16.5. The van der Waals surface area contributed by atoms with Gasteiger partial charge in [-0.25, -0.2) is 0 Å². The van der Waals surface area contributed by atoms with E-state index in [2.05, 4.69) is 12.2 Å². The lowest BCUT2D eigenvalue weighted by atomic mass is 10.2. The van der Waals surface area contributed by atoms with E-state index in [1.165, 1.54) is 6.07 Å². The maximum absolute atomic E-state index is 9.54. The van der Waals surface area contributed by atoms with Crippen LogP contribution in [0.4, 0.5) is 0 Å². The predicted octanol–water partition coefficient (Wildman–Crippen LogP) is 2.00. The smallest absolute Gasteiger partial charge is 0.123 e. The van der Waals surface area contributed by atoms with Crippen molar-refractivity contribution in [2.24, 2.45) is 0 Å². The molecular formula is C13H21NO3. The van der Waals surface area contributed by atoms with Crippen molar-refractivity contribution in [1.82, 2.24) is 5.32 Å². The number of rotatable bonds is 8. The Bertz CT molecular complexity index is 328. The zero-order valence-electron chi connectivity index (χ0n) is 10.3. The lowest BCUT2D eigenvalue weighted by molar-refractivity contribution is 0.132.